The third-order valence-electron chi connectivity index (χ3n) is 3.29. The molecule has 0 unspecified atom stereocenters. The lowest BCUT2D eigenvalue weighted by Crippen LogP contribution is -2.48. The monoisotopic (exact) mass is 259 g/mol. The number of nitrogens with zero attached hydrogens (tertiary/aromatic N) is 3. The molecule has 1 fully saturated rings. The number of aromatic nitrogens is 2. The Kier molecular flexibility index (Phi) is 2.98. The minimum absolute atomic E-state index is 0.0225. The Labute approximate surface area is 111 Å². The number of carbonyl (C=O) groups excluding carboxylic acids is 1. The van der Waals surface area contributed by atoms with Gasteiger partial charge in [0.05, 0.1) is 12.2 Å². The summed E-state index contributed by atoms with van der Waals surface area (Å²) in [6, 6.07) is 5.72. The fourth-order valence-corrected chi connectivity index (χ4v) is 2.54. The summed E-state index contributed by atoms with van der Waals surface area (Å²) in [5.74, 6) is -0.0225. The summed E-state index contributed by atoms with van der Waals surface area (Å²) in [5.41, 5.74) is 1.28. The number of pyridine rings is 1. The summed E-state index contributed by atoms with van der Waals surface area (Å²) in [6.07, 6.45) is 3.82. The lowest BCUT2D eigenvalue weighted by Gasteiger charge is -2.34. The fourth-order valence-electron chi connectivity index (χ4n) is 2.54. The zero-order chi connectivity index (χ0) is 13.4. The SMILES string of the molecule is C[C@@H]1CN(C(=O)c2cn3ccccc3n2)C[C@@H](C)O1. The molecule has 3 heterocycles. The molecular formula is C14H17N3O2. The van der Waals surface area contributed by atoms with Gasteiger partial charge in [-0.2, -0.15) is 0 Å². The van der Waals surface area contributed by atoms with Gasteiger partial charge in [0.25, 0.3) is 5.91 Å². The largest absolute Gasteiger partial charge is 0.372 e. The van der Waals surface area contributed by atoms with Gasteiger partial charge in [0.15, 0.2) is 0 Å². The van der Waals surface area contributed by atoms with Crippen LogP contribution in [0.1, 0.15) is 24.3 Å². The molecule has 0 aliphatic carbocycles. The van der Waals surface area contributed by atoms with E-state index in [9.17, 15) is 4.79 Å². The molecule has 100 valence electrons. The first-order valence-electron chi connectivity index (χ1n) is 6.52. The fraction of sp³-hybridized carbons (Fsp3) is 0.429. The van der Waals surface area contributed by atoms with Crippen molar-refractivity contribution in [1.82, 2.24) is 14.3 Å². The zero-order valence-corrected chi connectivity index (χ0v) is 11.1. The third-order valence-corrected chi connectivity index (χ3v) is 3.29. The van der Waals surface area contributed by atoms with Crippen LogP contribution in [0.3, 0.4) is 0 Å². The molecule has 2 aromatic heterocycles. The van der Waals surface area contributed by atoms with Crippen molar-refractivity contribution >= 4 is 11.6 Å². The van der Waals surface area contributed by atoms with E-state index in [0.29, 0.717) is 18.8 Å². The van der Waals surface area contributed by atoms with Crippen LogP contribution in [-0.4, -0.2) is 45.5 Å². The van der Waals surface area contributed by atoms with Crippen molar-refractivity contribution in [3.05, 3.63) is 36.3 Å². The summed E-state index contributed by atoms with van der Waals surface area (Å²) >= 11 is 0. The Morgan fingerprint density at radius 2 is 2.05 bits per heavy atom. The van der Waals surface area contributed by atoms with Crippen LogP contribution < -0.4 is 0 Å². The number of imidazole rings is 1. The molecule has 0 aromatic carbocycles. The quantitative estimate of drug-likeness (QED) is 0.781. The second-order valence-corrected chi connectivity index (χ2v) is 5.06. The molecule has 0 radical (unpaired) electrons. The van der Waals surface area contributed by atoms with Crippen LogP contribution >= 0.6 is 0 Å². The second-order valence-electron chi connectivity index (χ2n) is 5.06. The average molecular weight is 259 g/mol. The molecule has 0 bridgehead atoms. The molecule has 5 heteroatoms. The normalized spacial score (nSPS) is 23.8. The van der Waals surface area contributed by atoms with Crippen molar-refractivity contribution in [3.8, 4) is 0 Å². The number of hydrogen-bond acceptors (Lipinski definition) is 3. The predicted octanol–water partition coefficient (Wildman–Crippen LogP) is 1.58. The lowest BCUT2D eigenvalue weighted by molar-refractivity contribution is -0.0587. The van der Waals surface area contributed by atoms with Gasteiger partial charge in [-0.05, 0) is 26.0 Å². The first-order chi connectivity index (χ1) is 9.13. The van der Waals surface area contributed by atoms with Gasteiger partial charge >= 0.3 is 0 Å². The maximum atomic E-state index is 12.5. The van der Waals surface area contributed by atoms with Gasteiger partial charge in [-0.3, -0.25) is 4.79 Å². The highest BCUT2D eigenvalue weighted by Gasteiger charge is 2.27. The van der Waals surface area contributed by atoms with E-state index in [2.05, 4.69) is 4.98 Å². The van der Waals surface area contributed by atoms with Gasteiger partial charge in [-0.1, -0.05) is 6.07 Å². The zero-order valence-electron chi connectivity index (χ0n) is 11.1. The summed E-state index contributed by atoms with van der Waals surface area (Å²) < 4.78 is 7.50. The lowest BCUT2D eigenvalue weighted by atomic mass is 10.2. The highest BCUT2D eigenvalue weighted by atomic mass is 16.5. The molecule has 1 aliphatic rings. The number of morpholine rings is 1. The molecular weight excluding hydrogens is 242 g/mol. The standard InChI is InChI=1S/C14H17N3O2/c1-10-7-17(8-11(2)19-10)14(18)12-9-16-6-4-3-5-13(16)15-12/h3-6,9-11H,7-8H2,1-2H3/t10-,11-/m1/s1. The van der Waals surface area contributed by atoms with Gasteiger partial charge in [0.2, 0.25) is 0 Å². The van der Waals surface area contributed by atoms with Crippen LogP contribution in [0, 0.1) is 0 Å². The molecule has 0 spiro atoms. The van der Waals surface area contributed by atoms with Crippen LogP contribution in [-0.2, 0) is 4.74 Å². The molecule has 2 aromatic rings. The van der Waals surface area contributed by atoms with Crippen molar-refractivity contribution in [2.24, 2.45) is 0 Å². The maximum Gasteiger partial charge on any atom is 0.274 e. The number of ether oxygens (including phenoxy) is 1. The first kappa shape index (κ1) is 12.2. The summed E-state index contributed by atoms with van der Waals surface area (Å²) in [7, 11) is 0. The van der Waals surface area contributed by atoms with E-state index in [1.165, 1.54) is 0 Å². The Balaban J connectivity index is 1.86. The van der Waals surface area contributed by atoms with E-state index in [1.807, 2.05) is 47.5 Å². The van der Waals surface area contributed by atoms with Gasteiger partial charge in [0, 0.05) is 25.5 Å². The number of amides is 1. The molecule has 1 aliphatic heterocycles. The van der Waals surface area contributed by atoms with Crippen molar-refractivity contribution in [1.29, 1.82) is 0 Å². The van der Waals surface area contributed by atoms with Crippen molar-refractivity contribution in [2.75, 3.05) is 13.1 Å². The molecule has 5 nitrogen and oxygen atoms in total. The third kappa shape index (κ3) is 2.33. The Morgan fingerprint density at radius 3 is 2.74 bits per heavy atom. The Bertz CT molecular complexity index is 565. The number of hydrogen-bond donors (Lipinski definition) is 0. The predicted molar refractivity (Wildman–Crippen MR) is 71.1 cm³/mol. The highest BCUT2D eigenvalue weighted by molar-refractivity contribution is 5.93. The molecule has 1 saturated heterocycles. The molecule has 2 atom stereocenters. The minimum atomic E-state index is -0.0225. The summed E-state index contributed by atoms with van der Waals surface area (Å²) in [5, 5.41) is 0. The van der Waals surface area contributed by atoms with Crippen molar-refractivity contribution < 1.29 is 9.53 Å². The number of rotatable bonds is 1. The van der Waals surface area contributed by atoms with Crippen LogP contribution in [0.4, 0.5) is 0 Å². The highest BCUT2D eigenvalue weighted by Crippen LogP contribution is 2.14. The Morgan fingerprint density at radius 1 is 1.32 bits per heavy atom. The smallest absolute Gasteiger partial charge is 0.274 e. The number of carbonyl (C=O) groups is 1. The van der Waals surface area contributed by atoms with Crippen LogP contribution in [0.15, 0.2) is 30.6 Å². The van der Waals surface area contributed by atoms with Gasteiger partial charge < -0.3 is 14.0 Å². The molecule has 19 heavy (non-hydrogen) atoms. The van der Waals surface area contributed by atoms with Crippen molar-refractivity contribution in [3.63, 3.8) is 0 Å². The first-order valence-corrected chi connectivity index (χ1v) is 6.52. The average Bonchev–Trinajstić information content (AvgIpc) is 2.80. The molecule has 0 saturated carbocycles. The molecule has 1 amide bonds. The molecule has 0 N–H and O–H groups in total. The van der Waals surface area contributed by atoms with E-state index in [4.69, 9.17) is 4.74 Å². The summed E-state index contributed by atoms with van der Waals surface area (Å²) in [6.45, 7) is 5.22. The van der Waals surface area contributed by atoms with Crippen LogP contribution in [0.2, 0.25) is 0 Å². The van der Waals surface area contributed by atoms with Gasteiger partial charge in [-0.25, -0.2) is 4.98 Å². The maximum absolute atomic E-state index is 12.5. The van der Waals surface area contributed by atoms with E-state index >= 15 is 0 Å². The summed E-state index contributed by atoms with van der Waals surface area (Å²) in [4.78, 5) is 18.6. The van der Waals surface area contributed by atoms with E-state index < -0.39 is 0 Å². The number of fused-ring (bicyclic) bond motifs is 1. The second kappa shape index (κ2) is 4.66. The Hall–Kier alpha value is -1.88. The van der Waals surface area contributed by atoms with Crippen LogP contribution in [0.5, 0.6) is 0 Å². The molecule has 3 rings (SSSR count). The van der Waals surface area contributed by atoms with E-state index in [1.54, 1.807) is 6.20 Å². The topological polar surface area (TPSA) is 46.8 Å². The van der Waals surface area contributed by atoms with Gasteiger partial charge in [-0.15, -0.1) is 0 Å². The van der Waals surface area contributed by atoms with E-state index in [-0.39, 0.29) is 18.1 Å². The van der Waals surface area contributed by atoms with Crippen molar-refractivity contribution in [2.45, 2.75) is 26.1 Å². The van der Waals surface area contributed by atoms with E-state index in [0.717, 1.165) is 5.65 Å². The van der Waals surface area contributed by atoms with Crippen LogP contribution in [0.25, 0.3) is 5.65 Å². The van der Waals surface area contributed by atoms with Gasteiger partial charge in [0.1, 0.15) is 11.3 Å². The minimum Gasteiger partial charge on any atom is -0.372 e.